The highest BCUT2D eigenvalue weighted by Gasteiger charge is 2.22. The van der Waals surface area contributed by atoms with E-state index in [4.69, 9.17) is 9.47 Å². The summed E-state index contributed by atoms with van der Waals surface area (Å²) in [5, 5.41) is 12.2. The second-order valence-electron chi connectivity index (χ2n) is 5.20. The summed E-state index contributed by atoms with van der Waals surface area (Å²) in [6.07, 6.45) is 1.54. The lowest BCUT2D eigenvalue weighted by Crippen LogP contribution is -2.39. The number of ether oxygens (including phenoxy) is 2. The van der Waals surface area contributed by atoms with Gasteiger partial charge in [0, 0.05) is 7.05 Å². The highest BCUT2D eigenvalue weighted by atomic mass is 16.6. The van der Waals surface area contributed by atoms with Gasteiger partial charge in [-0.1, -0.05) is 12.1 Å². The Balaban J connectivity index is 1.49. The van der Waals surface area contributed by atoms with Crippen molar-refractivity contribution in [3.05, 3.63) is 42.7 Å². The Morgan fingerprint density at radius 3 is 3.00 bits per heavy atom. The van der Waals surface area contributed by atoms with Gasteiger partial charge in [0.15, 0.2) is 23.3 Å². The van der Waals surface area contributed by atoms with Gasteiger partial charge >= 0.3 is 0 Å². The fraction of sp³-hybridized carbons (Fsp3) is 0.267. The minimum Gasteiger partial charge on any atom is -0.486 e. The van der Waals surface area contributed by atoms with E-state index in [1.54, 1.807) is 10.8 Å². The van der Waals surface area contributed by atoms with Crippen LogP contribution >= 0.6 is 0 Å². The van der Waals surface area contributed by atoms with Gasteiger partial charge in [0.2, 0.25) is 0 Å². The van der Waals surface area contributed by atoms with Crippen molar-refractivity contribution in [2.24, 2.45) is 0 Å². The fourth-order valence-electron chi connectivity index (χ4n) is 2.47. The molecule has 22 heavy (non-hydrogen) atoms. The normalized spacial score (nSPS) is 16.7. The minimum atomic E-state index is -0.0432. The number of aromatic nitrogens is 4. The third-order valence-electron chi connectivity index (χ3n) is 3.58. The first-order chi connectivity index (χ1) is 10.8. The number of anilines is 1. The van der Waals surface area contributed by atoms with Crippen molar-refractivity contribution in [1.29, 1.82) is 0 Å². The smallest absolute Gasteiger partial charge is 0.177 e. The van der Waals surface area contributed by atoms with Crippen LogP contribution in [0.5, 0.6) is 11.5 Å². The van der Waals surface area contributed by atoms with Crippen LogP contribution in [-0.4, -0.2) is 46.1 Å². The fourth-order valence-corrected chi connectivity index (χ4v) is 2.47. The van der Waals surface area contributed by atoms with E-state index in [1.165, 1.54) is 0 Å². The van der Waals surface area contributed by atoms with Gasteiger partial charge in [0.1, 0.15) is 18.8 Å². The molecule has 0 bridgehead atoms. The summed E-state index contributed by atoms with van der Waals surface area (Å²) in [5.41, 5.74) is 0.725. The molecule has 0 amide bonds. The Labute approximate surface area is 127 Å². The number of para-hydroxylation sites is 2. The SMILES string of the molecule is CN(CC1COc2ccccc2O1)c1ccc2nncn2n1. The van der Waals surface area contributed by atoms with Gasteiger partial charge in [0.05, 0.1) is 6.54 Å². The minimum absolute atomic E-state index is 0.0432. The van der Waals surface area contributed by atoms with E-state index in [9.17, 15) is 0 Å². The van der Waals surface area contributed by atoms with Gasteiger partial charge in [0.25, 0.3) is 0 Å². The molecule has 1 unspecified atom stereocenters. The zero-order valence-corrected chi connectivity index (χ0v) is 12.1. The average molecular weight is 297 g/mol. The second-order valence-corrected chi connectivity index (χ2v) is 5.20. The zero-order valence-electron chi connectivity index (χ0n) is 12.1. The lowest BCUT2D eigenvalue weighted by Gasteiger charge is -2.29. The molecule has 1 atom stereocenters. The van der Waals surface area contributed by atoms with Crippen LogP contribution < -0.4 is 14.4 Å². The third kappa shape index (κ3) is 2.30. The van der Waals surface area contributed by atoms with Crippen molar-refractivity contribution in [2.45, 2.75) is 6.10 Å². The van der Waals surface area contributed by atoms with Crippen LogP contribution in [0.2, 0.25) is 0 Å². The van der Waals surface area contributed by atoms with Crippen LogP contribution in [0, 0.1) is 0 Å². The molecule has 1 aliphatic heterocycles. The maximum absolute atomic E-state index is 5.97. The molecule has 0 fully saturated rings. The molecule has 2 aromatic heterocycles. The standard InChI is InChI=1S/C15H15N5O2/c1-19(15-7-6-14-17-16-10-20(14)18-15)8-11-9-21-12-4-2-3-5-13(12)22-11/h2-7,10-11H,8-9H2,1H3. The molecule has 4 rings (SSSR count). The first-order valence-electron chi connectivity index (χ1n) is 7.06. The molecule has 0 saturated heterocycles. The predicted molar refractivity (Wildman–Crippen MR) is 80.4 cm³/mol. The molecule has 1 aromatic carbocycles. The Morgan fingerprint density at radius 2 is 2.09 bits per heavy atom. The molecule has 7 heteroatoms. The van der Waals surface area contributed by atoms with Crippen LogP contribution in [0.1, 0.15) is 0 Å². The van der Waals surface area contributed by atoms with Crippen LogP contribution in [0.25, 0.3) is 5.65 Å². The number of benzene rings is 1. The lowest BCUT2D eigenvalue weighted by molar-refractivity contribution is 0.0959. The molecule has 1 aliphatic rings. The summed E-state index contributed by atoms with van der Waals surface area (Å²) in [5.74, 6) is 2.41. The van der Waals surface area contributed by atoms with Gasteiger partial charge < -0.3 is 14.4 Å². The molecular formula is C15H15N5O2. The molecule has 0 N–H and O–H groups in total. The first-order valence-corrected chi connectivity index (χ1v) is 7.06. The summed E-state index contributed by atoms with van der Waals surface area (Å²) < 4.78 is 13.4. The van der Waals surface area contributed by atoms with Gasteiger partial charge in [-0.2, -0.15) is 4.52 Å². The Kier molecular flexibility index (Phi) is 3.03. The summed E-state index contributed by atoms with van der Waals surface area (Å²) in [6, 6.07) is 11.5. The van der Waals surface area contributed by atoms with Crippen molar-refractivity contribution in [1.82, 2.24) is 19.8 Å². The molecule has 112 valence electrons. The highest BCUT2D eigenvalue weighted by Crippen LogP contribution is 2.31. The molecule has 0 radical (unpaired) electrons. The van der Waals surface area contributed by atoms with Gasteiger partial charge in [-0.05, 0) is 24.3 Å². The van der Waals surface area contributed by atoms with Crippen LogP contribution in [0.15, 0.2) is 42.7 Å². The topological polar surface area (TPSA) is 64.8 Å². The maximum atomic E-state index is 5.97. The van der Waals surface area contributed by atoms with Crippen LogP contribution in [0.3, 0.4) is 0 Å². The van der Waals surface area contributed by atoms with E-state index in [1.807, 2.05) is 48.3 Å². The largest absolute Gasteiger partial charge is 0.486 e. The van der Waals surface area contributed by atoms with E-state index >= 15 is 0 Å². The number of likely N-dealkylation sites (N-methyl/N-ethyl adjacent to an activating group) is 1. The predicted octanol–water partition coefficient (Wildman–Crippen LogP) is 1.40. The van der Waals surface area contributed by atoms with Crippen molar-refractivity contribution in [2.75, 3.05) is 25.1 Å². The van der Waals surface area contributed by atoms with Gasteiger partial charge in [-0.3, -0.25) is 0 Å². The molecule has 0 spiro atoms. The third-order valence-corrected chi connectivity index (χ3v) is 3.58. The van der Waals surface area contributed by atoms with Crippen molar-refractivity contribution in [3.63, 3.8) is 0 Å². The summed E-state index contributed by atoms with van der Waals surface area (Å²) in [4.78, 5) is 2.03. The molecule has 0 saturated carbocycles. The zero-order chi connectivity index (χ0) is 14.9. The summed E-state index contributed by atoms with van der Waals surface area (Å²) >= 11 is 0. The molecular weight excluding hydrogens is 282 g/mol. The number of fused-ring (bicyclic) bond motifs is 2. The Morgan fingerprint density at radius 1 is 1.23 bits per heavy atom. The van der Waals surface area contributed by atoms with E-state index in [2.05, 4.69) is 15.3 Å². The molecule has 7 nitrogen and oxygen atoms in total. The van der Waals surface area contributed by atoms with Gasteiger partial charge in [-0.25, -0.2) is 0 Å². The van der Waals surface area contributed by atoms with E-state index in [-0.39, 0.29) is 6.10 Å². The van der Waals surface area contributed by atoms with Gasteiger partial charge in [-0.15, -0.1) is 15.3 Å². The molecule has 3 heterocycles. The molecule has 0 aliphatic carbocycles. The monoisotopic (exact) mass is 297 g/mol. The summed E-state index contributed by atoms with van der Waals surface area (Å²) in [7, 11) is 1.97. The number of hydrogen-bond donors (Lipinski definition) is 0. The number of hydrogen-bond acceptors (Lipinski definition) is 6. The van der Waals surface area contributed by atoms with E-state index in [0.717, 1.165) is 23.0 Å². The maximum Gasteiger partial charge on any atom is 0.177 e. The quantitative estimate of drug-likeness (QED) is 0.728. The van der Waals surface area contributed by atoms with Crippen LogP contribution in [-0.2, 0) is 0 Å². The van der Waals surface area contributed by atoms with Crippen molar-refractivity contribution in [3.8, 4) is 11.5 Å². The summed E-state index contributed by atoms with van der Waals surface area (Å²) in [6.45, 7) is 1.20. The first kappa shape index (κ1) is 12.9. The highest BCUT2D eigenvalue weighted by molar-refractivity contribution is 5.45. The molecule has 3 aromatic rings. The lowest BCUT2D eigenvalue weighted by atomic mass is 10.2. The van der Waals surface area contributed by atoms with E-state index in [0.29, 0.717) is 13.2 Å². The Bertz CT molecular complexity index is 803. The average Bonchev–Trinajstić information content (AvgIpc) is 3.02. The van der Waals surface area contributed by atoms with Crippen molar-refractivity contribution >= 4 is 11.5 Å². The number of rotatable bonds is 3. The van der Waals surface area contributed by atoms with Crippen LogP contribution in [0.4, 0.5) is 5.82 Å². The van der Waals surface area contributed by atoms with Crippen molar-refractivity contribution < 1.29 is 9.47 Å². The Hall–Kier alpha value is -2.83. The van der Waals surface area contributed by atoms with E-state index < -0.39 is 0 Å². The number of nitrogens with zero attached hydrogens (tertiary/aromatic N) is 5. The second kappa shape index (κ2) is 5.18.